The lowest BCUT2D eigenvalue weighted by Crippen LogP contribution is -2.13. The van der Waals surface area contributed by atoms with Gasteiger partial charge in [-0.1, -0.05) is 6.07 Å². The molecule has 0 aliphatic rings. The Kier molecular flexibility index (Phi) is 4.37. The Labute approximate surface area is 134 Å². The highest BCUT2D eigenvalue weighted by molar-refractivity contribution is 14.1. The lowest BCUT2D eigenvalue weighted by atomic mass is 10.2. The third kappa shape index (κ3) is 3.64. The second-order valence-electron chi connectivity index (χ2n) is 4.10. The maximum Gasteiger partial charge on any atom is 0.339 e. The summed E-state index contributed by atoms with van der Waals surface area (Å²) in [7, 11) is -3.93. The number of rotatable bonds is 4. The van der Waals surface area contributed by atoms with Crippen molar-refractivity contribution in [3.05, 3.63) is 51.6 Å². The number of carbonyl (C=O) groups is 1. The number of hydrogen-bond donors (Lipinski definition) is 3. The number of benzene rings is 2. The molecular formula is C13H10INO5S. The van der Waals surface area contributed by atoms with Gasteiger partial charge in [-0.2, -0.15) is 0 Å². The van der Waals surface area contributed by atoms with Gasteiger partial charge in [-0.15, -0.1) is 0 Å². The summed E-state index contributed by atoms with van der Waals surface area (Å²) in [6.07, 6.45) is 0. The summed E-state index contributed by atoms with van der Waals surface area (Å²) in [4.78, 5) is 10.7. The van der Waals surface area contributed by atoms with Crippen molar-refractivity contribution < 1.29 is 23.4 Å². The number of aromatic carboxylic acids is 1. The van der Waals surface area contributed by atoms with Crippen LogP contribution in [0.2, 0.25) is 0 Å². The normalized spacial score (nSPS) is 11.1. The molecule has 0 saturated carbocycles. The topological polar surface area (TPSA) is 104 Å². The third-order valence-electron chi connectivity index (χ3n) is 2.59. The average Bonchev–Trinajstić information content (AvgIpc) is 2.38. The maximum absolute atomic E-state index is 12.2. The molecule has 110 valence electrons. The zero-order chi connectivity index (χ0) is 15.6. The molecule has 0 spiro atoms. The Hall–Kier alpha value is -1.81. The predicted octanol–water partition coefficient (Wildman–Crippen LogP) is 2.50. The molecule has 0 unspecified atom stereocenters. The molecule has 0 atom stereocenters. The van der Waals surface area contributed by atoms with Crippen LogP contribution in [-0.2, 0) is 10.0 Å². The molecule has 0 radical (unpaired) electrons. The second-order valence-corrected chi connectivity index (χ2v) is 7.03. The summed E-state index contributed by atoms with van der Waals surface area (Å²) < 4.78 is 27.6. The molecule has 0 saturated heterocycles. The molecule has 0 aromatic heterocycles. The molecule has 0 aliphatic heterocycles. The van der Waals surface area contributed by atoms with Gasteiger partial charge in [-0.05, 0) is 59.0 Å². The number of halogens is 1. The number of phenols is 1. The summed E-state index contributed by atoms with van der Waals surface area (Å²) in [6.45, 7) is 0. The van der Waals surface area contributed by atoms with E-state index in [9.17, 15) is 18.3 Å². The molecule has 0 aliphatic carbocycles. The Balaban J connectivity index is 2.40. The van der Waals surface area contributed by atoms with Gasteiger partial charge in [0.1, 0.15) is 11.3 Å². The lowest BCUT2D eigenvalue weighted by Gasteiger charge is -2.09. The SMILES string of the molecule is O=C(O)c1cc(S(=O)(=O)Nc2cccc(I)c2)ccc1O. The van der Waals surface area contributed by atoms with E-state index in [-0.39, 0.29) is 4.90 Å². The standard InChI is InChI=1S/C13H10INO5S/c14-8-2-1-3-9(6-8)15-21(19,20)10-4-5-12(16)11(7-10)13(17)18/h1-7,15-16H,(H,17,18). The minimum Gasteiger partial charge on any atom is -0.507 e. The van der Waals surface area contributed by atoms with E-state index in [2.05, 4.69) is 4.72 Å². The van der Waals surface area contributed by atoms with Crippen molar-refractivity contribution in [2.24, 2.45) is 0 Å². The zero-order valence-electron chi connectivity index (χ0n) is 10.4. The van der Waals surface area contributed by atoms with E-state index in [1.807, 2.05) is 22.6 Å². The van der Waals surface area contributed by atoms with Crippen molar-refractivity contribution in [2.45, 2.75) is 4.90 Å². The van der Waals surface area contributed by atoms with Gasteiger partial charge in [0.2, 0.25) is 0 Å². The number of carboxylic acids is 1. The Bertz CT molecular complexity index is 804. The van der Waals surface area contributed by atoms with Crippen molar-refractivity contribution in [3.63, 3.8) is 0 Å². The van der Waals surface area contributed by atoms with Gasteiger partial charge in [0, 0.05) is 9.26 Å². The van der Waals surface area contributed by atoms with Crippen LogP contribution < -0.4 is 4.72 Å². The maximum atomic E-state index is 12.2. The lowest BCUT2D eigenvalue weighted by molar-refractivity contribution is 0.0693. The van der Waals surface area contributed by atoms with Crippen molar-refractivity contribution in [2.75, 3.05) is 4.72 Å². The Morgan fingerprint density at radius 3 is 2.48 bits per heavy atom. The fourth-order valence-corrected chi connectivity index (χ4v) is 3.24. The van der Waals surface area contributed by atoms with Gasteiger partial charge in [-0.3, -0.25) is 4.72 Å². The minimum absolute atomic E-state index is 0.239. The molecule has 0 heterocycles. The molecule has 3 N–H and O–H groups in total. The molecule has 2 aromatic rings. The van der Waals surface area contributed by atoms with Crippen molar-refractivity contribution >= 4 is 44.3 Å². The van der Waals surface area contributed by atoms with E-state index in [4.69, 9.17) is 5.11 Å². The fourth-order valence-electron chi connectivity index (χ4n) is 1.62. The number of aromatic hydroxyl groups is 1. The van der Waals surface area contributed by atoms with Crippen LogP contribution in [0.4, 0.5) is 5.69 Å². The minimum atomic E-state index is -3.93. The van der Waals surface area contributed by atoms with Crippen molar-refractivity contribution in [3.8, 4) is 5.75 Å². The first-order chi connectivity index (χ1) is 9.79. The Morgan fingerprint density at radius 1 is 1.14 bits per heavy atom. The zero-order valence-corrected chi connectivity index (χ0v) is 13.4. The van der Waals surface area contributed by atoms with Crippen molar-refractivity contribution in [1.82, 2.24) is 0 Å². The van der Waals surface area contributed by atoms with E-state index in [0.717, 1.165) is 21.8 Å². The molecule has 6 nitrogen and oxygen atoms in total. The number of sulfonamides is 1. The van der Waals surface area contributed by atoms with Crippen LogP contribution in [0.25, 0.3) is 0 Å². The van der Waals surface area contributed by atoms with Crippen LogP contribution in [0, 0.1) is 3.57 Å². The average molecular weight is 419 g/mol. The van der Waals surface area contributed by atoms with Crippen LogP contribution in [0.3, 0.4) is 0 Å². The first kappa shape index (κ1) is 15.6. The van der Waals surface area contributed by atoms with Gasteiger partial charge in [0.25, 0.3) is 10.0 Å². The number of carboxylic acid groups (broad SMARTS) is 1. The van der Waals surface area contributed by atoms with Crippen LogP contribution in [0.15, 0.2) is 47.4 Å². The van der Waals surface area contributed by atoms with Crippen LogP contribution in [0.5, 0.6) is 5.75 Å². The largest absolute Gasteiger partial charge is 0.507 e. The molecule has 2 rings (SSSR count). The van der Waals surface area contributed by atoms with Gasteiger partial charge >= 0.3 is 5.97 Å². The van der Waals surface area contributed by atoms with E-state index < -0.39 is 27.3 Å². The van der Waals surface area contributed by atoms with Gasteiger partial charge in [0.15, 0.2) is 0 Å². The second kappa shape index (κ2) is 5.90. The number of hydrogen-bond acceptors (Lipinski definition) is 4. The van der Waals surface area contributed by atoms with Crippen LogP contribution in [0.1, 0.15) is 10.4 Å². The van der Waals surface area contributed by atoms with Crippen molar-refractivity contribution in [1.29, 1.82) is 0 Å². The summed E-state index contributed by atoms with van der Waals surface area (Å²) in [5.74, 6) is -1.89. The summed E-state index contributed by atoms with van der Waals surface area (Å²) in [6, 6.07) is 9.80. The van der Waals surface area contributed by atoms with E-state index in [1.165, 1.54) is 0 Å². The molecule has 8 heteroatoms. The summed E-state index contributed by atoms with van der Waals surface area (Å²) in [5, 5.41) is 18.3. The first-order valence-corrected chi connectivity index (χ1v) is 8.20. The molecule has 21 heavy (non-hydrogen) atoms. The van der Waals surface area contributed by atoms with E-state index in [1.54, 1.807) is 24.3 Å². The van der Waals surface area contributed by atoms with Gasteiger partial charge < -0.3 is 10.2 Å². The quantitative estimate of drug-likeness (QED) is 0.661. The fraction of sp³-hybridized carbons (Fsp3) is 0. The molecular weight excluding hydrogens is 409 g/mol. The molecule has 0 bridgehead atoms. The molecule has 2 aromatic carbocycles. The highest BCUT2D eigenvalue weighted by Gasteiger charge is 2.19. The summed E-state index contributed by atoms with van der Waals surface area (Å²) in [5.41, 5.74) is -0.104. The van der Waals surface area contributed by atoms with E-state index in [0.29, 0.717) is 5.69 Å². The Morgan fingerprint density at radius 2 is 1.86 bits per heavy atom. The van der Waals surface area contributed by atoms with E-state index >= 15 is 0 Å². The highest BCUT2D eigenvalue weighted by atomic mass is 127. The molecule has 0 amide bonds. The third-order valence-corrected chi connectivity index (χ3v) is 4.64. The van der Waals surface area contributed by atoms with Crippen LogP contribution >= 0.6 is 22.6 Å². The van der Waals surface area contributed by atoms with Gasteiger partial charge in [0.05, 0.1) is 4.90 Å². The van der Waals surface area contributed by atoms with Crippen LogP contribution in [-0.4, -0.2) is 24.6 Å². The predicted molar refractivity (Wildman–Crippen MR) is 85.0 cm³/mol. The first-order valence-electron chi connectivity index (χ1n) is 5.64. The summed E-state index contributed by atoms with van der Waals surface area (Å²) >= 11 is 2.04. The number of nitrogens with one attached hydrogen (secondary N) is 1. The monoisotopic (exact) mass is 419 g/mol. The smallest absolute Gasteiger partial charge is 0.339 e. The highest BCUT2D eigenvalue weighted by Crippen LogP contribution is 2.23. The molecule has 0 fully saturated rings. The number of anilines is 1. The van der Waals surface area contributed by atoms with Gasteiger partial charge in [-0.25, -0.2) is 13.2 Å².